The van der Waals surface area contributed by atoms with Gasteiger partial charge in [0.1, 0.15) is 0 Å². The first-order chi connectivity index (χ1) is 6.50. The fourth-order valence-electron chi connectivity index (χ4n) is 1.45. The predicted molar refractivity (Wildman–Crippen MR) is 53.3 cm³/mol. The highest BCUT2D eigenvalue weighted by atomic mass is 16.2. The summed E-state index contributed by atoms with van der Waals surface area (Å²) in [5.74, 6) is 0.197. The van der Waals surface area contributed by atoms with E-state index in [9.17, 15) is 9.59 Å². The molecule has 4 nitrogen and oxygen atoms in total. The van der Waals surface area contributed by atoms with Crippen molar-refractivity contribution in [2.75, 3.05) is 13.1 Å². The molecule has 0 saturated heterocycles. The van der Waals surface area contributed by atoms with Gasteiger partial charge in [0.25, 0.3) is 0 Å². The third-order valence-corrected chi connectivity index (χ3v) is 2.17. The molecule has 0 aliphatic heterocycles. The van der Waals surface area contributed by atoms with E-state index in [1.165, 1.54) is 0 Å². The maximum atomic E-state index is 11.7. The predicted octanol–water partition coefficient (Wildman–Crippen LogP) is 0.366. The van der Waals surface area contributed by atoms with Crippen molar-refractivity contribution in [1.29, 1.82) is 0 Å². The van der Waals surface area contributed by atoms with Crippen LogP contribution in [0, 0.1) is 11.8 Å². The number of hydrogen-bond acceptors (Lipinski definition) is 2. The number of amides is 2. The molecule has 2 amide bonds. The van der Waals surface area contributed by atoms with Gasteiger partial charge in [0.2, 0.25) is 11.8 Å². The molecule has 1 aliphatic rings. The molecule has 2 N–H and O–H groups in total. The van der Waals surface area contributed by atoms with Crippen LogP contribution in [0.1, 0.15) is 26.7 Å². The van der Waals surface area contributed by atoms with Gasteiger partial charge in [0.15, 0.2) is 0 Å². The number of primary amides is 1. The lowest BCUT2D eigenvalue weighted by molar-refractivity contribution is -0.136. The van der Waals surface area contributed by atoms with E-state index in [0.29, 0.717) is 12.5 Å². The molecule has 0 aromatic heterocycles. The quantitative estimate of drug-likeness (QED) is 0.693. The lowest BCUT2D eigenvalue weighted by Gasteiger charge is -2.22. The Balaban J connectivity index is 2.50. The molecule has 0 atom stereocenters. The summed E-state index contributed by atoms with van der Waals surface area (Å²) < 4.78 is 0. The Morgan fingerprint density at radius 3 is 2.36 bits per heavy atom. The highest BCUT2D eigenvalue weighted by Gasteiger charge is 2.33. The Hall–Kier alpha value is -1.06. The Labute approximate surface area is 84.4 Å². The molecule has 14 heavy (non-hydrogen) atoms. The number of rotatable bonds is 5. The second-order valence-corrected chi connectivity index (χ2v) is 4.35. The first-order valence-corrected chi connectivity index (χ1v) is 5.07. The molecule has 0 aromatic carbocycles. The maximum absolute atomic E-state index is 11.7. The molecule has 0 aromatic rings. The Bertz CT molecular complexity index is 234. The minimum atomic E-state index is -0.431. The van der Waals surface area contributed by atoms with E-state index in [2.05, 4.69) is 0 Å². The van der Waals surface area contributed by atoms with E-state index in [0.717, 1.165) is 12.8 Å². The van der Waals surface area contributed by atoms with Crippen molar-refractivity contribution in [2.24, 2.45) is 17.6 Å². The average Bonchev–Trinajstić information content (AvgIpc) is 2.82. The van der Waals surface area contributed by atoms with E-state index in [1.54, 1.807) is 4.90 Å². The fourth-order valence-corrected chi connectivity index (χ4v) is 1.45. The first-order valence-electron chi connectivity index (χ1n) is 5.07. The van der Waals surface area contributed by atoms with Crippen molar-refractivity contribution in [3.05, 3.63) is 0 Å². The highest BCUT2D eigenvalue weighted by Crippen LogP contribution is 2.31. The van der Waals surface area contributed by atoms with Crippen LogP contribution in [0.25, 0.3) is 0 Å². The second kappa shape index (κ2) is 4.44. The van der Waals surface area contributed by atoms with Crippen molar-refractivity contribution in [3.63, 3.8) is 0 Å². The standard InChI is InChI=1S/C10H18N2O2/c1-7(2)5-12(6-9(11)13)10(14)8-3-4-8/h7-8H,3-6H2,1-2H3,(H2,11,13). The van der Waals surface area contributed by atoms with Crippen LogP contribution < -0.4 is 5.73 Å². The Kier molecular flexibility index (Phi) is 3.49. The van der Waals surface area contributed by atoms with E-state index < -0.39 is 5.91 Å². The lowest BCUT2D eigenvalue weighted by atomic mass is 10.2. The molecule has 0 bridgehead atoms. The number of nitrogens with two attached hydrogens (primary N) is 1. The van der Waals surface area contributed by atoms with E-state index >= 15 is 0 Å². The van der Waals surface area contributed by atoms with Crippen LogP contribution in [0.15, 0.2) is 0 Å². The van der Waals surface area contributed by atoms with Crippen molar-refractivity contribution in [2.45, 2.75) is 26.7 Å². The van der Waals surface area contributed by atoms with Crippen molar-refractivity contribution in [3.8, 4) is 0 Å². The molecule has 80 valence electrons. The number of carbonyl (C=O) groups excluding carboxylic acids is 2. The largest absolute Gasteiger partial charge is 0.368 e. The van der Waals surface area contributed by atoms with E-state index in [-0.39, 0.29) is 18.4 Å². The van der Waals surface area contributed by atoms with Crippen LogP contribution >= 0.6 is 0 Å². The highest BCUT2D eigenvalue weighted by molar-refractivity contribution is 5.86. The number of nitrogens with zero attached hydrogens (tertiary/aromatic N) is 1. The smallest absolute Gasteiger partial charge is 0.237 e. The topological polar surface area (TPSA) is 63.4 Å². The van der Waals surface area contributed by atoms with Gasteiger partial charge >= 0.3 is 0 Å². The Morgan fingerprint density at radius 2 is 2.00 bits per heavy atom. The minimum Gasteiger partial charge on any atom is -0.368 e. The summed E-state index contributed by atoms with van der Waals surface area (Å²) in [6, 6.07) is 0. The molecule has 0 radical (unpaired) electrons. The van der Waals surface area contributed by atoms with Gasteiger partial charge in [0, 0.05) is 12.5 Å². The molecule has 1 fully saturated rings. The van der Waals surface area contributed by atoms with Crippen LogP contribution in [0.4, 0.5) is 0 Å². The maximum Gasteiger partial charge on any atom is 0.237 e. The fraction of sp³-hybridized carbons (Fsp3) is 0.800. The zero-order valence-electron chi connectivity index (χ0n) is 8.82. The van der Waals surface area contributed by atoms with Crippen LogP contribution in [-0.4, -0.2) is 29.8 Å². The third kappa shape index (κ3) is 3.36. The Morgan fingerprint density at radius 1 is 1.43 bits per heavy atom. The molecule has 0 heterocycles. The molecule has 0 unspecified atom stereocenters. The molecular weight excluding hydrogens is 180 g/mol. The van der Waals surface area contributed by atoms with Gasteiger partial charge in [-0.15, -0.1) is 0 Å². The number of hydrogen-bond donors (Lipinski definition) is 1. The van der Waals surface area contributed by atoms with Gasteiger partial charge in [-0.1, -0.05) is 13.8 Å². The molecular formula is C10H18N2O2. The molecule has 4 heteroatoms. The third-order valence-electron chi connectivity index (χ3n) is 2.17. The van der Waals surface area contributed by atoms with E-state index in [4.69, 9.17) is 5.73 Å². The lowest BCUT2D eigenvalue weighted by Crippen LogP contribution is -2.41. The van der Waals surface area contributed by atoms with Crippen molar-refractivity contribution < 1.29 is 9.59 Å². The summed E-state index contributed by atoms with van der Waals surface area (Å²) in [7, 11) is 0. The van der Waals surface area contributed by atoms with Crippen molar-refractivity contribution >= 4 is 11.8 Å². The van der Waals surface area contributed by atoms with Crippen LogP contribution in [0.3, 0.4) is 0 Å². The molecule has 0 spiro atoms. The monoisotopic (exact) mass is 198 g/mol. The van der Waals surface area contributed by atoms with Crippen LogP contribution in [0.5, 0.6) is 0 Å². The average molecular weight is 198 g/mol. The molecule has 1 saturated carbocycles. The SMILES string of the molecule is CC(C)CN(CC(N)=O)C(=O)C1CC1. The molecule has 1 aliphatic carbocycles. The van der Waals surface area contributed by atoms with Crippen molar-refractivity contribution in [1.82, 2.24) is 4.90 Å². The van der Waals surface area contributed by atoms with Crippen LogP contribution in [-0.2, 0) is 9.59 Å². The minimum absolute atomic E-state index is 0.0630. The van der Waals surface area contributed by atoms with Gasteiger partial charge in [-0.3, -0.25) is 9.59 Å². The van der Waals surface area contributed by atoms with Gasteiger partial charge in [-0.2, -0.15) is 0 Å². The molecule has 1 rings (SSSR count). The first kappa shape index (κ1) is 11.0. The van der Waals surface area contributed by atoms with Gasteiger partial charge in [-0.25, -0.2) is 0 Å². The zero-order valence-corrected chi connectivity index (χ0v) is 8.82. The zero-order chi connectivity index (χ0) is 10.7. The van der Waals surface area contributed by atoms with Gasteiger partial charge in [0.05, 0.1) is 6.54 Å². The summed E-state index contributed by atoms with van der Waals surface area (Å²) in [4.78, 5) is 24.0. The summed E-state index contributed by atoms with van der Waals surface area (Å²) in [5.41, 5.74) is 5.09. The summed E-state index contributed by atoms with van der Waals surface area (Å²) in [6.45, 7) is 4.73. The summed E-state index contributed by atoms with van der Waals surface area (Å²) in [5, 5.41) is 0. The number of carbonyl (C=O) groups is 2. The van der Waals surface area contributed by atoms with Gasteiger partial charge in [-0.05, 0) is 18.8 Å². The normalized spacial score (nSPS) is 15.6. The summed E-state index contributed by atoms with van der Waals surface area (Å²) >= 11 is 0. The van der Waals surface area contributed by atoms with Gasteiger partial charge < -0.3 is 10.6 Å². The summed E-state index contributed by atoms with van der Waals surface area (Å²) in [6.07, 6.45) is 1.93. The van der Waals surface area contributed by atoms with E-state index in [1.807, 2.05) is 13.8 Å². The van der Waals surface area contributed by atoms with Crippen LogP contribution in [0.2, 0.25) is 0 Å². The second-order valence-electron chi connectivity index (χ2n) is 4.35.